The average molecular weight is 431 g/mol. The lowest BCUT2D eigenvalue weighted by atomic mass is 10.1. The summed E-state index contributed by atoms with van der Waals surface area (Å²) in [7, 11) is 0. The Morgan fingerprint density at radius 3 is 2.66 bits per heavy atom. The highest BCUT2D eigenvalue weighted by atomic mass is 32.2. The Balaban J connectivity index is 1.46. The number of aromatic nitrogens is 2. The van der Waals surface area contributed by atoms with Crippen LogP contribution in [0.15, 0.2) is 51.4 Å². The van der Waals surface area contributed by atoms with E-state index in [0.29, 0.717) is 35.3 Å². The molecule has 0 aliphatic carbocycles. The summed E-state index contributed by atoms with van der Waals surface area (Å²) < 4.78 is 5.98. The molecule has 0 fully saturated rings. The Morgan fingerprint density at radius 1 is 1.17 bits per heavy atom. The minimum absolute atomic E-state index is 0.00430. The maximum atomic E-state index is 12.4. The summed E-state index contributed by atoms with van der Waals surface area (Å²) >= 11 is 2.75. The number of rotatable bonds is 10. The predicted octanol–water partition coefficient (Wildman–Crippen LogP) is 4.70. The van der Waals surface area contributed by atoms with Crippen LogP contribution in [0.1, 0.15) is 36.4 Å². The van der Waals surface area contributed by atoms with E-state index in [0.717, 1.165) is 10.1 Å². The number of nitrogens with zero attached hydrogens (tertiary/aromatic N) is 2. The van der Waals surface area contributed by atoms with Gasteiger partial charge in [0, 0.05) is 17.7 Å². The number of hydrogen-bond donors (Lipinski definition) is 2. The lowest BCUT2D eigenvalue weighted by Crippen LogP contribution is -2.14. The Bertz CT molecular complexity index is 937. The molecular formula is C20H22N4O3S2. The van der Waals surface area contributed by atoms with Crippen LogP contribution >= 0.6 is 23.1 Å². The van der Waals surface area contributed by atoms with E-state index in [1.165, 1.54) is 23.1 Å². The van der Waals surface area contributed by atoms with E-state index in [2.05, 4.69) is 20.8 Å². The van der Waals surface area contributed by atoms with Gasteiger partial charge in [0.05, 0.1) is 18.6 Å². The molecule has 3 aromatic rings. The summed E-state index contributed by atoms with van der Waals surface area (Å²) in [6, 6.07) is 10.7. The van der Waals surface area contributed by atoms with E-state index in [9.17, 15) is 9.59 Å². The first kappa shape index (κ1) is 21.1. The molecule has 29 heavy (non-hydrogen) atoms. The fraction of sp³-hybridized carbons (Fsp3) is 0.300. The third kappa shape index (κ3) is 6.72. The van der Waals surface area contributed by atoms with Crippen LogP contribution in [0.4, 0.5) is 10.8 Å². The van der Waals surface area contributed by atoms with Gasteiger partial charge in [0.2, 0.25) is 11.0 Å². The molecule has 0 aliphatic heterocycles. The molecule has 2 heterocycles. The van der Waals surface area contributed by atoms with Crippen molar-refractivity contribution >= 4 is 45.6 Å². The number of benzene rings is 1. The van der Waals surface area contributed by atoms with Gasteiger partial charge in [-0.3, -0.25) is 9.59 Å². The SMILES string of the molecule is CC(C)CC(=O)Nc1ccc(C(=O)CSc2nnc(NCc3ccco3)s2)cc1. The number of thioether (sulfide) groups is 1. The third-order valence-corrected chi connectivity index (χ3v) is 5.83. The number of anilines is 2. The monoisotopic (exact) mass is 430 g/mol. The molecule has 0 aliphatic rings. The summed E-state index contributed by atoms with van der Waals surface area (Å²) in [6.07, 6.45) is 2.09. The summed E-state index contributed by atoms with van der Waals surface area (Å²) in [5.74, 6) is 1.35. The zero-order valence-corrected chi connectivity index (χ0v) is 17.8. The molecule has 0 bridgehead atoms. The summed E-state index contributed by atoms with van der Waals surface area (Å²) in [5.41, 5.74) is 1.29. The average Bonchev–Trinajstić information content (AvgIpc) is 3.36. The Hall–Kier alpha value is -2.65. The Kier molecular flexibility index (Phi) is 7.42. The fourth-order valence-corrected chi connectivity index (χ4v) is 4.09. The van der Waals surface area contributed by atoms with E-state index >= 15 is 0 Å². The van der Waals surface area contributed by atoms with Crippen LogP contribution in [0, 0.1) is 5.92 Å². The molecule has 0 saturated heterocycles. The van der Waals surface area contributed by atoms with Crippen molar-refractivity contribution in [2.75, 3.05) is 16.4 Å². The molecule has 9 heteroatoms. The van der Waals surface area contributed by atoms with Crippen molar-refractivity contribution in [1.82, 2.24) is 10.2 Å². The van der Waals surface area contributed by atoms with Gasteiger partial charge in [0.25, 0.3) is 0 Å². The van der Waals surface area contributed by atoms with Gasteiger partial charge in [-0.25, -0.2) is 0 Å². The van der Waals surface area contributed by atoms with Crippen molar-refractivity contribution in [3.8, 4) is 0 Å². The maximum absolute atomic E-state index is 12.4. The van der Waals surface area contributed by atoms with Gasteiger partial charge in [-0.2, -0.15) is 0 Å². The van der Waals surface area contributed by atoms with Crippen molar-refractivity contribution in [1.29, 1.82) is 0 Å². The van der Waals surface area contributed by atoms with Crippen molar-refractivity contribution in [3.05, 3.63) is 54.0 Å². The van der Waals surface area contributed by atoms with Crippen LogP contribution in [-0.4, -0.2) is 27.6 Å². The quantitative estimate of drug-likeness (QED) is 0.355. The number of carbonyl (C=O) groups excluding carboxylic acids is 2. The Labute approximate surface area is 177 Å². The lowest BCUT2D eigenvalue weighted by Gasteiger charge is -2.07. The largest absolute Gasteiger partial charge is 0.467 e. The first-order chi connectivity index (χ1) is 14.0. The van der Waals surface area contributed by atoms with Crippen LogP contribution in [0.25, 0.3) is 0 Å². The smallest absolute Gasteiger partial charge is 0.224 e. The third-order valence-electron chi connectivity index (χ3n) is 3.81. The number of hydrogen-bond acceptors (Lipinski definition) is 8. The number of ketones is 1. The number of nitrogens with one attached hydrogen (secondary N) is 2. The van der Waals surface area contributed by atoms with Crippen LogP contribution < -0.4 is 10.6 Å². The zero-order chi connectivity index (χ0) is 20.6. The van der Waals surface area contributed by atoms with Crippen LogP contribution in [0.2, 0.25) is 0 Å². The molecular weight excluding hydrogens is 408 g/mol. The first-order valence-electron chi connectivity index (χ1n) is 9.15. The van der Waals surface area contributed by atoms with Gasteiger partial charge >= 0.3 is 0 Å². The molecule has 152 valence electrons. The summed E-state index contributed by atoms with van der Waals surface area (Å²) in [5, 5.41) is 14.8. The molecule has 1 aromatic carbocycles. The number of Topliss-reactive ketones (excluding diaryl/α,β-unsaturated/α-hetero) is 1. The van der Waals surface area contributed by atoms with Crippen molar-refractivity contribution in [2.45, 2.75) is 31.2 Å². The number of furan rings is 1. The van der Waals surface area contributed by atoms with Crippen molar-refractivity contribution in [2.24, 2.45) is 5.92 Å². The molecule has 0 atom stereocenters. The normalized spacial score (nSPS) is 10.9. The number of carbonyl (C=O) groups is 2. The molecule has 7 nitrogen and oxygen atoms in total. The standard InChI is InChI=1S/C20H22N4O3S2/c1-13(2)10-18(26)22-15-7-5-14(6-8-15)17(25)12-28-20-24-23-19(29-20)21-11-16-4-3-9-27-16/h3-9,13H,10-12H2,1-2H3,(H,21,23)(H,22,26). The minimum atomic E-state index is -0.0256. The van der Waals surface area contributed by atoms with Crippen molar-refractivity contribution < 1.29 is 14.0 Å². The van der Waals surface area contributed by atoms with Gasteiger partial charge in [0.15, 0.2) is 10.1 Å². The van der Waals surface area contributed by atoms with E-state index in [4.69, 9.17) is 4.42 Å². The molecule has 0 unspecified atom stereocenters. The van der Waals surface area contributed by atoms with Gasteiger partial charge in [-0.05, 0) is 42.3 Å². The Morgan fingerprint density at radius 2 is 1.97 bits per heavy atom. The van der Waals surface area contributed by atoms with Crippen LogP contribution in [-0.2, 0) is 11.3 Å². The predicted molar refractivity (Wildman–Crippen MR) is 116 cm³/mol. The topological polar surface area (TPSA) is 97.1 Å². The second-order valence-corrected chi connectivity index (χ2v) is 8.94. The fourth-order valence-electron chi connectivity index (χ4n) is 2.45. The van der Waals surface area contributed by atoms with Gasteiger partial charge in [0.1, 0.15) is 5.76 Å². The highest BCUT2D eigenvalue weighted by Gasteiger charge is 2.11. The van der Waals surface area contributed by atoms with E-state index in [-0.39, 0.29) is 17.4 Å². The van der Waals surface area contributed by atoms with Crippen LogP contribution in [0.5, 0.6) is 0 Å². The van der Waals surface area contributed by atoms with E-state index < -0.39 is 0 Å². The maximum Gasteiger partial charge on any atom is 0.224 e. The molecule has 0 radical (unpaired) electrons. The van der Waals surface area contributed by atoms with Gasteiger partial charge in [-0.15, -0.1) is 10.2 Å². The molecule has 1 amide bonds. The molecule has 2 N–H and O–H groups in total. The molecule has 3 rings (SSSR count). The second kappa shape index (κ2) is 10.2. The highest BCUT2D eigenvalue weighted by molar-refractivity contribution is 8.01. The summed E-state index contributed by atoms with van der Waals surface area (Å²) in [4.78, 5) is 24.2. The first-order valence-corrected chi connectivity index (χ1v) is 11.0. The second-order valence-electron chi connectivity index (χ2n) is 6.74. The zero-order valence-electron chi connectivity index (χ0n) is 16.2. The van der Waals surface area contributed by atoms with Gasteiger partial charge in [-0.1, -0.05) is 36.9 Å². The van der Waals surface area contributed by atoms with Crippen LogP contribution in [0.3, 0.4) is 0 Å². The van der Waals surface area contributed by atoms with E-state index in [1.807, 2.05) is 26.0 Å². The molecule has 0 spiro atoms. The minimum Gasteiger partial charge on any atom is -0.467 e. The molecule has 2 aromatic heterocycles. The highest BCUT2D eigenvalue weighted by Crippen LogP contribution is 2.26. The van der Waals surface area contributed by atoms with Gasteiger partial charge < -0.3 is 15.1 Å². The van der Waals surface area contributed by atoms with E-state index in [1.54, 1.807) is 30.5 Å². The van der Waals surface area contributed by atoms with Crippen molar-refractivity contribution in [3.63, 3.8) is 0 Å². The summed E-state index contributed by atoms with van der Waals surface area (Å²) in [6.45, 7) is 4.52. The molecule has 0 saturated carbocycles. The lowest BCUT2D eigenvalue weighted by molar-refractivity contribution is -0.116. The number of amides is 1.